The molecule has 2 unspecified atom stereocenters. The molecule has 18 heavy (non-hydrogen) atoms. The van der Waals surface area contributed by atoms with Crippen molar-refractivity contribution < 1.29 is 9.84 Å². The van der Waals surface area contributed by atoms with Gasteiger partial charge in [-0.1, -0.05) is 45.5 Å². The molecule has 0 radical (unpaired) electrons. The molecule has 3 heteroatoms. The quantitative estimate of drug-likeness (QED) is 0.415. The lowest BCUT2D eigenvalue weighted by molar-refractivity contribution is 0.0347. The van der Waals surface area contributed by atoms with E-state index in [-0.39, 0.29) is 6.04 Å². The predicted molar refractivity (Wildman–Crippen MR) is 76.5 cm³/mol. The van der Waals surface area contributed by atoms with E-state index in [9.17, 15) is 5.11 Å². The molecule has 0 fully saturated rings. The summed E-state index contributed by atoms with van der Waals surface area (Å²) in [7, 11) is 0. The zero-order valence-electron chi connectivity index (χ0n) is 12.0. The van der Waals surface area contributed by atoms with E-state index in [1.165, 1.54) is 19.3 Å². The van der Waals surface area contributed by atoms with E-state index < -0.39 is 6.10 Å². The number of unbranched alkanes of at least 4 members (excludes halogenated alkanes) is 3. The summed E-state index contributed by atoms with van der Waals surface area (Å²) in [5, 5.41) is 12.9. The normalized spacial score (nSPS) is 14.1. The highest BCUT2D eigenvalue weighted by atomic mass is 16.5. The fourth-order valence-corrected chi connectivity index (χ4v) is 1.72. The van der Waals surface area contributed by atoms with E-state index in [1.54, 1.807) is 0 Å². The average Bonchev–Trinajstić information content (AvgIpc) is 2.38. The summed E-state index contributed by atoms with van der Waals surface area (Å²) in [6.45, 7) is 5.92. The van der Waals surface area contributed by atoms with Gasteiger partial charge in [0.15, 0.2) is 0 Å². The van der Waals surface area contributed by atoms with Gasteiger partial charge in [0.2, 0.25) is 0 Å². The van der Waals surface area contributed by atoms with E-state index >= 15 is 0 Å². The van der Waals surface area contributed by atoms with Gasteiger partial charge in [-0.2, -0.15) is 0 Å². The summed E-state index contributed by atoms with van der Waals surface area (Å²) in [6.07, 6.45) is 11.7. The largest absolute Gasteiger partial charge is 0.389 e. The van der Waals surface area contributed by atoms with Gasteiger partial charge in [0.1, 0.15) is 0 Å². The monoisotopic (exact) mass is 255 g/mol. The first-order valence-corrected chi connectivity index (χ1v) is 7.19. The third-order valence-electron chi connectivity index (χ3n) is 2.83. The Labute approximate surface area is 112 Å². The van der Waals surface area contributed by atoms with Crippen LogP contribution in [0.15, 0.2) is 0 Å². The number of rotatable bonds is 12. The minimum absolute atomic E-state index is 0.0641. The minimum atomic E-state index is -0.469. The lowest BCUT2D eigenvalue weighted by Gasteiger charge is -2.16. The van der Waals surface area contributed by atoms with Crippen LogP contribution in [-0.2, 0) is 4.74 Å². The molecule has 0 aliphatic rings. The molecule has 0 aromatic carbocycles. The fraction of sp³-hybridized carbons (Fsp3) is 0.867. The maximum absolute atomic E-state index is 9.71. The van der Waals surface area contributed by atoms with E-state index in [2.05, 4.69) is 25.1 Å². The molecule has 0 aliphatic carbocycles. The van der Waals surface area contributed by atoms with Crippen molar-refractivity contribution in [2.45, 2.75) is 64.5 Å². The minimum Gasteiger partial charge on any atom is -0.389 e. The SMILES string of the molecule is C#CC(CCC)NCC(O)COCCCCCC. The van der Waals surface area contributed by atoms with Crippen molar-refractivity contribution in [1.82, 2.24) is 5.32 Å². The predicted octanol–water partition coefficient (Wildman–Crippen LogP) is 2.34. The van der Waals surface area contributed by atoms with Gasteiger partial charge in [0.25, 0.3) is 0 Å². The maximum Gasteiger partial charge on any atom is 0.0898 e. The van der Waals surface area contributed by atoms with Crippen LogP contribution in [0.3, 0.4) is 0 Å². The van der Waals surface area contributed by atoms with Crippen molar-refractivity contribution in [2.75, 3.05) is 19.8 Å². The Morgan fingerprint density at radius 3 is 2.61 bits per heavy atom. The van der Waals surface area contributed by atoms with Gasteiger partial charge >= 0.3 is 0 Å². The molecule has 3 nitrogen and oxygen atoms in total. The number of hydrogen-bond acceptors (Lipinski definition) is 3. The Kier molecular flexibility index (Phi) is 12.5. The molecule has 0 saturated heterocycles. The van der Waals surface area contributed by atoms with Gasteiger partial charge in [0, 0.05) is 13.2 Å². The molecule has 0 rings (SSSR count). The molecule has 0 aliphatic heterocycles. The van der Waals surface area contributed by atoms with Crippen LogP contribution in [-0.4, -0.2) is 37.0 Å². The van der Waals surface area contributed by atoms with E-state index in [1.807, 2.05) is 0 Å². The second kappa shape index (κ2) is 12.9. The van der Waals surface area contributed by atoms with Gasteiger partial charge in [0.05, 0.1) is 18.8 Å². The van der Waals surface area contributed by atoms with Crippen molar-refractivity contribution in [3.63, 3.8) is 0 Å². The summed E-state index contributed by atoms with van der Waals surface area (Å²) in [4.78, 5) is 0. The van der Waals surface area contributed by atoms with E-state index in [0.717, 1.165) is 25.9 Å². The number of nitrogens with one attached hydrogen (secondary N) is 1. The Morgan fingerprint density at radius 1 is 1.22 bits per heavy atom. The summed E-state index contributed by atoms with van der Waals surface area (Å²) in [6, 6.07) is 0.0641. The van der Waals surface area contributed by atoms with Crippen LogP contribution in [0.25, 0.3) is 0 Å². The van der Waals surface area contributed by atoms with Gasteiger partial charge in [-0.15, -0.1) is 6.42 Å². The van der Waals surface area contributed by atoms with Crippen molar-refractivity contribution in [3.8, 4) is 12.3 Å². The first kappa shape index (κ1) is 17.4. The van der Waals surface area contributed by atoms with Crippen molar-refractivity contribution in [2.24, 2.45) is 0 Å². The molecule has 2 N–H and O–H groups in total. The molecule has 0 aromatic heterocycles. The van der Waals surface area contributed by atoms with E-state index in [4.69, 9.17) is 11.2 Å². The number of ether oxygens (including phenoxy) is 1. The second-order valence-electron chi connectivity index (χ2n) is 4.71. The lowest BCUT2D eigenvalue weighted by atomic mass is 10.2. The standard InChI is InChI=1S/C15H29NO2/c1-4-7-8-9-11-18-13-15(17)12-16-14(6-3)10-5-2/h3,14-17H,4-5,7-13H2,1-2H3. The Hall–Kier alpha value is -0.560. The molecule has 106 valence electrons. The molecule has 0 heterocycles. The number of aliphatic hydroxyl groups excluding tert-OH is 1. The number of hydrogen-bond donors (Lipinski definition) is 2. The smallest absolute Gasteiger partial charge is 0.0898 e. The van der Waals surface area contributed by atoms with Gasteiger partial charge < -0.3 is 15.2 Å². The third kappa shape index (κ3) is 10.6. The second-order valence-corrected chi connectivity index (χ2v) is 4.71. The highest BCUT2D eigenvalue weighted by Crippen LogP contribution is 1.99. The van der Waals surface area contributed by atoms with Crippen LogP contribution in [0.1, 0.15) is 52.4 Å². The van der Waals surface area contributed by atoms with Crippen LogP contribution in [0.2, 0.25) is 0 Å². The third-order valence-corrected chi connectivity index (χ3v) is 2.83. The summed E-state index contributed by atoms with van der Waals surface area (Å²) in [5.74, 6) is 2.69. The van der Waals surface area contributed by atoms with Gasteiger partial charge in [-0.3, -0.25) is 0 Å². The molecule has 2 atom stereocenters. The fourth-order valence-electron chi connectivity index (χ4n) is 1.72. The van der Waals surface area contributed by atoms with Crippen LogP contribution in [0.4, 0.5) is 0 Å². The number of terminal acetylenes is 1. The first-order valence-electron chi connectivity index (χ1n) is 7.19. The van der Waals surface area contributed by atoms with Crippen LogP contribution < -0.4 is 5.32 Å². The van der Waals surface area contributed by atoms with Crippen molar-refractivity contribution in [3.05, 3.63) is 0 Å². The van der Waals surface area contributed by atoms with Crippen molar-refractivity contribution in [1.29, 1.82) is 0 Å². The number of aliphatic hydroxyl groups is 1. The zero-order chi connectivity index (χ0) is 13.6. The van der Waals surface area contributed by atoms with Crippen LogP contribution in [0, 0.1) is 12.3 Å². The van der Waals surface area contributed by atoms with Gasteiger partial charge in [-0.25, -0.2) is 0 Å². The molecule has 0 aromatic rings. The average molecular weight is 255 g/mol. The Morgan fingerprint density at radius 2 is 2.00 bits per heavy atom. The highest BCUT2D eigenvalue weighted by Gasteiger charge is 2.07. The zero-order valence-corrected chi connectivity index (χ0v) is 12.0. The van der Waals surface area contributed by atoms with Crippen LogP contribution in [0.5, 0.6) is 0 Å². The van der Waals surface area contributed by atoms with Crippen molar-refractivity contribution >= 4 is 0 Å². The molecular formula is C15H29NO2. The Balaban J connectivity index is 3.42. The molecule has 0 bridgehead atoms. The summed E-state index contributed by atoms with van der Waals surface area (Å²) >= 11 is 0. The molecular weight excluding hydrogens is 226 g/mol. The highest BCUT2D eigenvalue weighted by molar-refractivity contribution is 4.98. The lowest BCUT2D eigenvalue weighted by Crippen LogP contribution is -2.36. The maximum atomic E-state index is 9.71. The van der Waals surface area contributed by atoms with Crippen LogP contribution >= 0.6 is 0 Å². The first-order chi connectivity index (χ1) is 8.74. The molecule has 0 saturated carbocycles. The topological polar surface area (TPSA) is 41.5 Å². The molecule has 0 spiro atoms. The molecule has 0 amide bonds. The van der Waals surface area contributed by atoms with E-state index in [0.29, 0.717) is 13.2 Å². The summed E-state index contributed by atoms with van der Waals surface area (Å²) in [5.41, 5.74) is 0. The summed E-state index contributed by atoms with van der Waals surface area (Å²) < 4.78 is 5.43. The Bertz CT molecular complexity index is 213. The van der Waals surface area contributed by atoms with Gasteiger partial charge in [-0.05, 0) is 12.8 Å².